The second-order valence-corrected chi connectivity index (χ2v) is 7.32. The number of rotatable bonds is 5. The van der Waals surface area contributed by atoms with Crippen molar-refractivity contribution in [2.24, 2.45) is 0 Å². The number of hydrogen-bond acceptors (Lipinski definition) is 6. The fourth-order valence-corrected chi connectivity index (χ4v) is 2.95. The summed E-state index contributed by atoms with van der Waals surface area (Å²) < 4.78 is 11.4. The van der Waals surface area contributed by atoms with E-state index in [0.29, 0.717) is 6.54 Å². The summed E-state index contributed by atoms with van der Waals surface area (Å²) >= 11 is 1.64. The maximum absolute atomic E-state index is 11.4. The van der Waals surface area contributed by atoms with Crippen LogP contribution in [0.25, 0.3) is 10.2 Å². The van der Waals surface area contributed by atoms with Crippen molar-refractivity contribution in [1.29, 1.82) is 0 Å². The fraction of sp³-hybridized carbons (Fsp3) is 0.500. The zero-order valence-electron chi connectivity index (χ0n) is 11.3. The Kier molecular flexibility index (Phi) is 4.36. The molecule has 0 aromatic carbocycles. The second-order valence-electron chi connectivity index (χ2n) is 4.41. The van der Waals surface area contributed by atoms with Crippen LogP contribution >= 0.6 is 11.3 Å². The number of nitrogens with two attached hydrogens (primary N) is 1. The van der Waals surface area contributed by atoms with Crippen LogP contribution in [0.15, 0.2) is 6.07 Å². The van der Waals surface area contributed by atoms with Gasteiger partial charge in [0.2, 0.25) is 5.95 Å². The van der Waals surface area contributed by atoms with E-state index < -0.39 is 10.8 Å². The molecule has 0 aliphatic heterocycles. The molecule has 0 spiro atoms. The Morgan fingerprint density at radius 2 is 2.26 bits per heavy atom. The molecule has 0 aliphatic rings. The number of fused-ring (bicyclic) bond motifs is 1. The van der Waals surface area contributed by atoms with Crippen LogP contribution in [-0.2, 0) is 17.2 Å². The van der Waals surface area contributed by atoms with Crippen molar-refractivity contribution in [3.8, 4) is 0 Å². The molecule has 2 heterocycles. The fourth-order valence-electron chi connectivity index (χ4n) is 1.65. The van der Waals surface area contributed by atoms with Gasteiger partial charge in [0, 0.05) is 33.7 Å². The van der Waals surface area contributed by atoms with Crippen LogP contribution in [0.5, 0.6) is 0 Å². The molecule has 2 aromatic rings. The van der Waals surface area contributed by atoms with Gasteiger partial charge < -0.3 is 11.1 Å². The Hall–Kier alpha value is -1.21. The smallest absolute Gasteiger partial charge is 0.223 e. The van der Waals surface area contributed by atoms with Crippen LogP contribution in [0.2, 0.25) is 0 Å². The molecule has 0 radical (unpaired) electrons. The molecular formula is C12H18N4OS2. The Balaban J connectivity index is 2.30. The quantitative estimate of drug-likeness (QED) is 0.882. The molecule has 0 amide bonds. The Morgan fingerprint density at radius 3 is 2.89 bits per heavy atom. The molecule has 7 heteroatoms. The van der Waals surface area contributed by atoms with Gasteiger partial charge in [0.1, 0.15) is 10.6 Å². The summed E-state index contributed by atoms with van der Waals surface area (Å²) in [6.45, 7) is 4.65. The zero-order valence-corrected chi connectivity index (χ0v) is 12.9. The van der Waals surface area contributed by atoms with Crippen LogP contribution in [0.1, 0.15) is 18.7 Å². The van der Waals surface area contributed by atoms with Crippen LogP contribution < -0.4 is 11.1 Å². The number of hydrogen-bond donors (Lipinski definition) is 2. The summed E-state index contributed by atoms with van der Waals surface area (Å²) in [5.41, 5.74) is 5.73. The minimum atomic E-state index is -0.854. The van der Waals surface area contributed by atoms with E-state index in [9.17, 15) is 4.21 Å². The van der Waals surface area contributed by atoms with E-state index in [2.05, 4.69) is 28.3 Å². The van der Waals surface area contributed by atoms with Gasteiger partial charge in [0.15, 0.2) is 0 Å². The Morgan fingerprint density at radius 1 is 1.53 bits per heavy atom. The molecule has 0 saturated heterocycles. The monoisotopic (exact) mass is 298 g/mol. The van der Waals surface area contributed by atoms with Crippen LogP contribution in [0.4, 0.5) is 11.8 Å². The molecular weight excluding hydrogens is 280 g/mol. The molecule has 0 aliphatic carbocycles. The summed E-state index contributed by atoms with van der Waals surface area (Å²) in [5.74, 6) is 1.00. The van der Waals surface area contributed by atoms with E-state index in [1.54, 1.807) is 17.6 Å². The van der Waals surface area contributed by atoms with E-state index in [1.165, 1.54) is 4.88 Å². The maximum atomic E-state index is 11.4. The molecule has 2 rings (SSSR count). The Labute approximate surface area is 119 Å². The van der Waals surface area contributed by atoms with Gasteiger partial charge in [-0.2, -0.15) is 4.98 Å². The van der Waals surface area contributed by atoms with E-state index in [1.807, 2.05) is 6.92 Å². The molecule has 104 valence electrons. The molecule has 5 nitrogen and oxygen atoms in total. The average Bonchev–Trinajstić information content (AvgIpc) is 2.78. The summed E-state index contributed by atoms with van der Waals surface area (Å²) in [4.78, 5) is 10.7. The third kappa shape index (κ3) is 3.22. The molecule has 0 saturated carbocycles. The number of nitrogens with zero attached hydrogens (tertiary/aromatic N) is 2. The highest BCUT2D eigenvalue weighted by atomic mass is 32.2. The van der Waals surface area contributed by atoms with Gasteiger partial charge >= 0.3 is 0 Å². The van der Waals surface area contributed by atoms with Crippen LogP contribution in [0.3, 0.4) is 0 Å². The van der Waals surface area contributed by atoms with Crippen molar-refractivity contribution in [1.82, 2.24) is 9.97 Å². The van der Waals surface area contributed by atoms with Crippen molar-refractivity contribution in [2.45, 2.75) is 25.5 Å². The number of nitrogens with one attached hydrogen (secondary N) is 1. The lowest BCUT2D eigenvalue weighted by Crippen LogP contribution is -2.21. The second kappa shape index (κ2) is 5.83. The SMILES string of the molecule is CCc1cc2c(NCC(C)S(C)=O)nc(N)nc2s1. The van der Waals surface area contributed by atoms with Gasteiger partial charge in [-0.15, -0.1) is 11.3 Å². The first-order chi connectivity index (χ1) is 9.01. The lowest BCUT2D eigenvalue weighted by molar-refractivity contribution is 0.679. The van der Waals surface area contributed by atoms with Gasteiger partial charge in [-0.05, 0) is 19.4 Å². The van der Waals surface area contributed by atoms with Crippen molar-refractivity contribution >= 4 is 44.1 Å². The zero-order chi connectivity index (χ0) is 14.0. The first-order valence-electron chi connectivity index (χ1n) is 6.13. The van der Waals surface area contributed by atoms with Gasteiger partial charge in [0.05, 0.1) is 5.39 Å². The molecule has 2 aromatic heterocycles. The van der Waals surface area contributed by atoms with E-state index in [0.717, 1.165) is 22.5 Å². The first-order valence-corrected chi connectivity index (χ1v) is 8.57. The standard InChI is InChI=1S/C12H18N4OS2/c1-4-8-5-9-10(14-6-7(2)19(3)17)15-12(13)16-11(9)18-8/h5,7H,4,6H2,1-3H3,(H3,13,14,15,16). The largest absolute Gasteiger partial charge is 0.368 e. The average molecular weight is 298 g/mol. The molecule has 2 atom stereocenters. The topological polar surface area (TPSA) is 80.9 Å². The summed E-state index contributed by atoms with van der Waals surface area (Å²) in [5, 5.41) is 4.29. The van der Waals surface area contributed by atoms with Crippen molar-refractivity contribution in [3.05, 3.63) is 10.9 Å². The van der Waals surface area contributed by atoms with Crippen LogP contribution in [0, 0.1) is 0 Å². The predicted octanol–water partition coefficient (Wildman–Crippen LogP) is 2.01. The highest BCUT2D eigenvalue weighted by Crippen LogP contribution is 2.29. The molecule has 2 unspecified atom stereocenters. The number of aryl methyl sites for hydroxylation is 1. The number of nitrogen functional groups attached to an aromatic ring is 1. The van der Waals surface area contributed by atoms with E-state index >= 15 is 0 Å². The molecule has 19 heavy (non-hydrogen) atoms. The number of aromatic nitrogens is 2. The highest BCUT2D eigenvalue weighted by molar-refractivity contribution is 7.84. The van der Waals surface area contributed by atoms with Crippen molar-refractivity contribution < 1.29 is 4.21 Å². The molecule has 0 fully saturated rings. The predicted molar refractivity (Wildman–Crippen MR) is 83.2 cm³/mol. The summed E-state index contributed by atoms with van der Waals surface area (Å²) in [6.07, 6.45) is 2.67. The first kappa shape index (κ1) is 14.2. The number of thiophene rings is 1. The normalized spacial score (nSPS) is 14.5. The third-order valence-corrected chi connectivity index (χ3v) is 5.41. The lowest BCUT2D eigenvalue weighted by Gasteiger charge is -2.11. The third-order valence-electron chi connectivity index (χ3n) is 2.93. The van der Waals surface area contributed by atoms with E-state index in [4.69, 9.17) is 5.73 Å². The summed E-state index contributed by atoms with van der Waals surface area (Å²) in [7, 11) is -0.854. The van der Waals surface area contributed by atoms with E-state index in [-0.39, 0.29) is 11.2 Å². The highest BCUT2D eigenvalue weighted by Gasteiger charge is 2.12. The minimum Gasteiger partial charge on any atom is -0.368 e. The maximum Gasteiger partial charge on any atom is 0.223 e. The molecule has 3 N–H and O–H groups in total. The van der Waals surface area contributed by atoms with Gasteiger partial charge in [0.25, 0.3) is 0 Å². The molecule has 0 bridgehead atoms. The van der Waals surface area contributed by atoms with Gasteiger partial charge in [-0.1, -0.05) is 6.92 Å². The van der Waals surface area contributed by atoms with Crippen LogP contribution in [-0.4, -0.2) is 32.2 Å². The summed E-state index contributed by atoms with van der Waals surface area (Å²) in [6, 6.07) is 2.09. The van der Waals surface area contributed by atoms with Gasteiger partial charge in [-0.3, -0.25) is 4.21 Å². The van der Waals surface area contributed by atoms with Gasteiger partial charge in [-0.25, -0.2) is 4.98 Å². The van der Waals surface area contributed by atoms with Crippen molar-refractivity contribution in [3.63, 3.8) is 0 Å². The Bertz CT molecular complexity index is 611. The minimum absolute atomic E-state index is 0.0653. The number of anilines is 2. The van der Waals surface area contributed by atoms with Crippen molar-refractivity contribution in [2.75, 3.05) is 23.9 Å². The lowest BCUT2D eigenvalue weighted by atomic mass is 10.3.